The number of carboxylic acids is 1. The van der Waals surface area contributed by atoms with Crippen molar-refractivity contribution in [3.63, 3.8) is 0 Å². The van der Waals surface area contributed by atoms with Crippen LogP contribution in [0.1, 0.15) is 0 Å². The zero-order chi connectivity index (χ0) is 10.1. The van der Waals surface area contributed by atoms with Crippen molar-refractivity contribution in [1.82, 2.24) is 4.90 Å². The first kappa shape index (κ1) is 12.4. The van der Waals surface area contributed by atoms with Crippen LogP contribution in [0.15, 0.2) is 0 Å². The van der Waals surface area contributed by atoms with Crippen LogP contribution in [0, 0.1) is 11.3 Å². The van der Waals surface area contributed by atoms with E-state index in [0.717, 1.165) is 0 Å². The van der Waals surface area contributed by atoms with Crippen LogP contribution in [0.5, 0.6) is 0 Å². The summed E-state index contributed by atoms with van der Waals surface area (Å²) in [7, 11) is -0.543. The minimum atomic E-state index is -1.01. The molecule has 70 valence electrons. The summed E-state index contributed by atoms with van der Waals surface area (Å²) in [5.41, 5.74) is 4.79. The van der Waals surface area contributed by atoms with E-state index in [0.29, 0.717) is 0 Å². The van der Waals surface area contributed by atoms with Crippen molar-refractivity contribution in [3.8, 4) is 11.3 Å². The summed E-state index contributed by atoms with van der Waals surface area (Å²) in [6, 6.07) is 0. The van der Waals surface area contributed by atoms with Crippen LogP contribution in [0.3, 0.4) is 0 Å². The van der Waals surface area contributed by atoms with Gasteiger partial charge in [-0.25, -0.2) is 0 Å². The number of hydrogen-bond donors (Lipinski definition) is 1. The maximum absolute atomic E-state index is 10.3. The molecule has 0 radical (unpaired) electrons. The predicted octanol–water partition coefficient (Wildman–Crippen LogP) is 0.875. The van der Waals surface area contributed by atoms with Gasteiger partial charge in [-0.1, -0.05) is 0 Å². The van der Waals surface area contributed by atoms with Crippen molar-refractivity contribution in [2.24, 2.45) is 0 Å². The van der Waals surface area contributed by atoms with Gasteiger partial charge in [-0.3, -0.25) is 0 Å². The Morgan fingerprint density at radius 3 is 2.00 bits per heavy atom. The monoisotopic (exact) mass is 219 g/mol. The second-order valence-electron chi connectivity index (χ2n) is 2.04. The molecule has 0 saturated heterocycles. The van der Waals surface area contributed by atoms with E-state index in [1.54, 1.807) is 0 Å². The summed E-state index contributed by atoms with van der Waals surface area (Å²) in [6.45, 7) is 0.0603. The third-order valence-corrected chi connectivity index (χ3v) is 1.62. The molecule has 0 aliphatic carbocycles. The van der Waals surface area contributed by atoms with E-state index in [1.165, 1.54) is 4.90 Å². The van der Waals surface area contributed by atoms with Crippen molar-refractivity contribution >= 4 is 21.8 Å². The second kappa shape index (κ2) is 8.07. The number of hydrogen-bond acceptors (Lipinski definition) is 4. The predicted molar refractivity (Wildman–Crippen MR) is 47.1 cm³/mol. The standard InChI is InChI=1S/C6H7NO4P2/c8-6(9)5-7(1-3-12-10)2-4-13-11/h1-2,5H2,(H,8,9). The molecule has 0 fully saturated rings. The maximum atomic E-state index is 10.3. The first-order valence-corrected chi connectivity index (χ1v) is 4.87. The topological polar surface area (TPSA) is 74.7 Å². The Kier molecular flexibility index (Phi) is 7.73. The SMILES string of the molecule is O=P#CCN(CC#P=O)CC(=O)O. The van der Waals surface area contributed by atoms with Gasteiger partial charge in [0.25, 0.3) is 0 Å². The molecule has 0 aromatic rings. The first-order chi connectivity index (χ1) is 6.20. The molecule has 0 aromatic carbocycles. The van der Waals surface area contributed by atoms with Gasteiger partial charge in [-0.2, -0.15) is 0 Å². The summed E-state index contributed by atoms with van der Waals surface area (Å²) in [6.07, 6.45) is 0. The summed E-state index contributed by atoms with van der Waals surface area (Å²) >= 11 is 0. The molecule has 0 unspecified atom stereocenters. The molecule has 1 N–H and O–H groups in total. The Hall–Kier alpha value is -0.550. The van der Waals surface area contributed by atoms with Crippen molar-refractivity contribution in [3.05, 3.63) is 0 Å². The third-order valence-electron chi connectivity index (χ3n) is 1.08. The van der Waals surface area contributed by atoms with Crippen LogP contribution in [-0.4, -0.2) is 35.6 Å². The van der Waals surface area contributed by atoms with Crippen molar-refractivity contribution in [2.75, 3.05) is 19.6 Å². The average Bonchev–Trinajstić information content (AvgIpc) is 2.09. The van der Waals surface area contributed by atoms with E-state index in [9.17, 15) is 13.9 Å². The van der Waals surface area contributed by atoms with Crippen LogP contribution in [-0.2, 0) is 13.9 Å². The summed E-state index contributed by atoms with van der Waals surface area (Å²) < 4.78 is 20.0. The van der Waals surface area contributed by atoms with Crippen LogP contribution < -0.4 is 0 Å². The Bertz CT molecular complexity index is 337. The van der Waals surface area contributed by atoms with E-state index >= 15 is 0 Å². The van der Waals surface area contributed by atoms with Crippen molar-refractivity contribution in [2.45, 2.75) is 0 Å². The zero-order valence-electron chi connectivity index (χ0n) is 6.63. The van der Waals surface area contributed by atoms with E-state index in [4.69, 9.17) is 5.11 Å². The number of carbonyl (C=O) groups is 1. The molecule has 0 bridgehead atoms. The minimum absolute atomic E-state index is 0.139. The number of nitrogens with zero attached hydrogens (tertiary/aromatic N) is 1. The first-order valence-electron chi connectivity index (χ1n) is 3.25. The average molecular weight is 219 g/mol. The second-order valence-corrected chi connectivity index (χ2v) is 3.04. The van der Waals surface area contributed by atoms with Gasteiger partial charge >= 0.3 is 76.6 Å². The summed E-state index contributed by atoms with van der Waals surface area (Å²) in [5, 5.41) is 8.42. The van der Waals surface area contributed by atoms with Gasteiger partial charge in [-0.05, 0) is 0 Å². The molecule has 5 nitrogen and oxygen atoms in total. The van der Waals surface area contributed by atoms with E-state index in [2.05, 4.69) is 11.3 Å². The molecule has 7 heteroatoms. The number of carboxylic acid groups (broad SMARTS) is 1. The molecule has 0 spiro atoms. The number of aliphatic carboxylic acids is 1. The Morgan fingerprint density at radius 2 is 1.69 bits per heavy atom. The molecular weight excluding hydrogens is 212 g/mol. The molecule has 0 aliphatic rings. The van der Waals surface area contributed by atoms with Gasteiger partial charge in [0.2, 0.25) is 0 Å². The van der Waals surface area contributed by atoms with Gasteiger partial charge in [0, 0.05) is 0 Å². The van der Waals surface area contributed by atoms with Crippen LogP contribution >= 0.6 is 15.8 Å². The Morgan fingerprint density at radius 1 is 1.23 bits per heavy atom. The van der Waals surface area contributed by atoms with Gasteiger partial charge in [0.05, 0.1) is 0 Å². The Labute approximate surface area is 77.4 Å². The molecule has 0 rings (SSSR count). The summed E-state index contributed by atoms with van der Waals surface area (Å²) in [4.78, 5) is 11.7. The molecule has 0 aliphatic heterocycles. The normalized spacial score (nSPS) is 8.69. The zero-order valence-corrected chi connectivity index (χ0v) is 8.42. The Balaban J connectivity index is 4.19. The molecule has 0 atom stereocenters. The van der Waals surface area contributed by atoms with Crippen molar-refractivity contribution < 1.29 is 19.0 Å². The quantitative estimate of drug-likeness (QED) is 0.710. The van der Waals surface area contributed by atoms with E-state index < -0.39 is 5.97 Å². The molecule has 0 saturated carbocycles. The van der Waals surface area contributed by atoms with Crippen LogP contribution in [0.2, 0.25) is 0 Å². The third kappa shape index (κ3) is 7.80. The fourth-order valence-electron chi connectivity index (χ4n) is 0.617. The van der Waals surface area contributed by atoms with Gasteiger partial charge < -0.3 is 0 Å². The fraction of sp³-hybridized carbons (Fsp3) is 0.500. The van der Waals surface area contributed by atoms with Crippen LogP contribution in [0.4, 0.5) is 0 Å². The molecule has 0 heterocycles. The van der Waals surface area contributed by atoms with Gasteiger partial charge in [0.1, 0.15) is 0 Å². The van der Waals surface area contributed by atoms with Crippen LogP contribution in [0.25, 0.3) is 0 Å². The number of rotatable bonds is 4. The van der Waals surface area contributed by atoms with Gasteiger partial charge in [0.15, 0.2) is 0 Å². The van der Waals surface area contributed by atoms with E-state index in [1.807, 2.05) is 0 Å². The van der Waals surface area contributed by atoms with E-state index in [-0.39, 0.29) is 35.5 Å². The fourth-order valence-corrected chi connectivity index (χ4v) is 1.13. The molecule has 0 amide bonds. The molecule has 0 aromatic heterocycles. The van der Waals surface area contributed by atoms with Gasteiger partial charge in [-0.15, -0.1) is 0 Å². The molecule has 13 heavy (non-hydrogen) atoms. The summed E-state index contributed by atoms with van der Waals surface area (Å²) in [5.74, 6) is -1.01. The molecular formula is C6H7NO4P2. The van der Waals surface area contributed by atoms with Crippen molar-refractivity contribution in [1.29, 1.82) is 0 Å².